The van der Waals surface area contributed by atoms with Gasteiger partial charge in [0.25, 0.3) is 0 Å². The minimum atomic E-state index is -2.36. The molecule has 1 aliphatic rings. The molecule has 9 heteroatoms. The molecule has 2 aromatic rings. The van der Waals surface area contributed by atoms with E-state index in [1.54, 1.807) is 31.4 Å². The topological polar surface area (TPSA) is 106 Å². The monoisotopic (exact) mass is 363 g/mol. The van der Waals surface area contributed by atoms with Crippen LogP contribution in [0.4, 0.5) is 4.39 Å². The second-order valence-electron chi connectivity index (χ2n) is 6.08. The van der Waals surface area contributed by atoms with Crippen LogP contribution in [0.15, 0.2) is 28.8 Å². The summed E-state index contributed by atoms with van der Waals surface area (Å²) in [5.41, 5.74) is -1.61. The molecule has 26 heavy (non-hydrogen) atoms. The molecule has 1 N–H and O–H groups in total. The van der Waals surface area contributed by atoms with Gasteiger partial charge in [-0.15, -0.1) is 0 Å². The third-order valence-corrected chi connectivity index (χ3v) is 4.32. The molecule has 0 bridgehead atoms. The first kappa shape index (κ1) is 17.8. The molecule has 0 saturated carbocycles. The van der Waals surface area contributed by atoms with E-state index in [2.05, 4.69) is 10.1 Å². The van der Waals surface area contributed by atoms with E-state index in [0.717, 1.165) is 5.56 Å². The number of amides is 1. The summed E-state index contributed by atoms with van der Waals surface area (Å²) in [6.07, 6.45) is 0.0427. The largest absolute Gasteiger partial charge is 0.497 e. The summed E-state index contributed by atoms with van der Waals surface area (Å²) in [7, 11) is 1.57. The van der Waals surface area contributed by atoms with Gasteiger partial charge in [-0.3, -0.25) is 4.79 Å². The number of alkyl halides is 1. The Bertz CT molecular complexity index is 807. The lowest BCUT2D eigenvalue weighted by Gasteiger charge is -2.17. The van der Waals surface area contributed by atoms with Crippen molar-refractivity contribution in [2.45, 2.75) is 24.9 Å². The molecule has 0 radical (unpaired) electrons. The number of carboxylic acids is 1. The molecule has 0 spiro atoms. The van der Waals surface area contributed by atoms with Crippen LogP contribution in [0.3, 0.4) is 0 Å². The van der Waals surface area contributed by atoms with Crippen LogP contribution in [0.2, 0.25) is 0 Å². The molecule has 1 aromatic carbocycles. The van der Waals surface area contributed by atoms with Crippen LogP contribution in [-0.4, -0.2) is 57.9 Å². The average Bonchev–Trinajstić information content (AvgIpc) is 3.27. The molecule has 1 atom stereocenters. The van der Waals surface area contributed by atoms with Crippen LogP contribution in [-0.2, 0) is 16.0 Å². The summed E-state index contributed by atoms with van der Waals surface area (Å²) in [6, 6.07) is 7.12. The van der Waals surface area contributed by atoms with Crippen molar-refractivity contribution in [3.8, 4) is 17.1 Å². The predicted octanol–water partition coefficient (Wildman–Crippen LogP) is 1.70. The summed E-state index contributed by atoms with van der Waals surface area (Å²) in [6.45, 7) is -0.343. The van der Waals surface area contributed by atoms with E-state index >= 15 is 0 Å². The number of aliphatic carboxylic acids is 1. The lowest BCUT2D eigenvalue weighted by molar-refractivity contribution is -0.150. The van der Waals surface area contributed by atoms with E-state index in [0.29, 0.717) is 11.6 Å². The second kappa shape index (κ2) is 7.11. The van der Waals surface area contributed by atoms with Gasteiger partial charge in [-0.25, -0.2) is 9.18 Å². The Labute approximate surface area is 148 Å². The van der Waals surface area contributed by atoms with E-state index < -0.39 is 18.2 Å². The molecular weight excluding hydrogens is 345 g/mol. The highest BCUT2D eigenvalue weighted by Crippen LogP contribution is 2.26. The SMILES string of the molecule is COc1ccc(-c2noc(CCC(=O)N3CCC(F)(C(=O)O)C3)n2)cc1. The molecule has 1 aromatic heterocycles. The number of aryl methyl sites for hydroxylation is 1. The molecular formula is C17H18FN3O5. The number of likely N-dealkylation sites (tertiary alicyclic amines) is 1. The lowest BCUT2D eigenvalue weighted by Crippen LogP contribution is -2.38. The first-order valence-corrected chi connectivity index (χ1v) is 8.08. The number of carbonyl (C=O) groups excluding carboxylic acids is 1. The third kappa shape index (κ3) is 3.66. The number of benzene rings is 1. The minimum absolute atomic E-state index is 0.0416. The Morgan fingerprint density at radius 2 is 2.12 bits per heavy atom. The smallest absolute Gasteiger partial charge is 0.343 e. The van der Waals surface area contributed by atoms with E-state index in [-0.39, 0.29) is 37.6 Å². The highest BCUT2D eigenvalue weighted by molar-refractivity contribution is 5.82. The fourth-order valence-corrected chi connectivity index (χ4v) is 2.75. The van der Waals surface area contributed by atoms with Gasteiger partial charge in [0.05, 0.1) is 13.7 Å². The molecule has 3 rings (SSSR count). The van der Waals surface area contributed by atoms with Gasteiger partial charge in [-0.05, 0) is 24.3 Å². The maximum absolute atomic E-state index is 14.0. The van der Waals surface area contributed by atoms with Crippen LogP contribution in [0.1, 0.15) is 18.7 Å². The third-order valence-electron chi connectivity index (χ3n) is 4.32. The van der Waals surface area contributed by atoms with E-state index in [9.17, 15) is 14.0 Å². The van der Waals surface area contributed by atoms with Crippen LogP contribution < -0.4 is 4.74 Å². The van der Waals surface area contributed by atoms with Crippen LogP contribution in [0.5, 0.6) is 5.75 Å². The van der Waals surface area contributed by atoms with Crippen LogP contribution in [0.25, 0.3) is 11.4 Å². The van der Waals surface area contributed by atoms with Gasteiger partial charge >= 0.3 is 5.97 Å². The Morgan fingerprint density at radius 3 is 2.73 bits per heavy atom. The van der Waals surface area contributed by atoms with E-state index in [4.69, 9.17) is 14.4 Å². The summed E-state index contributed by atoms with van der Waals surface area (Å²) in [5, 5.41) is 12.7. The van der Waals surface area contributed by atoms with Gasteiger partial charge in [-0.2, -0.15) is 4.98 Å². The Hall–Kier alpha value is -2.97. The zero-order valence-corrected chi connectivity index (χ0v) is 14.1. The van der Waals surface area contributed by atoms with Gasteiger partial charge in [-0.1, -0.05) is 5.16 Å². The molecule has 1 unspecified atom stereocenters. The highest BCUT2D eigenvalue weighted by Gasteiger charge is 2.46. The molecule has 2 heterocycles. The molecule has 1 amide bonds. The van der Waals surface area contributed by atoms with Crippen molar-refractivity contribution in [2.24, 2.45) is 0 Å². The van der Waals surface area contributed by atoms with Crippen LogP contribution >= 0.6 is 0 Å². The fourth-order valence-electron chi connectivity index (χ4n) is 2.75. The first-order valence-electron chi connectivity index (χ1n) is 8.08. The molecule has 138 valence electrons. The highest BCUT2D eigenvalue weighted by atomic mass is 19.1. The molecule has 1 saturated heterocycles. The van der Waals surface area contributed by atoms with Gasteiger partial charge < -0.3 is 19.3 Å². The van der Waals surface area contributed by atoms with Crippen molar-refractivity contribution < 1.29 is 28.3 Å². The molecule has 8 nitrogen and oxygen atoms in total. The number of hydrogen-bond acceptors (Lipinski definition) is 6. The predicted molar refractivity (Wildman–Crippen MR) is 87.3 cm³/mol. The Morgan fingerprint density at radius 1 is 1.38 bits per heavy atom. The van der Waals surface area contributed by atoms with Crippen LogP contribution in [0, 0.1) is 0 Å². The summed E-state index contributed by atoms with van der Waals surface area (Å²) < 4.78 is 24.2. The second-order valence-corrected chi connectivity index (χ2v) is 6.08. The van der Waals surface area contributed by atoms with E-state index in [1.807, 2.05) is 0 Å². The van der Waals surface area contributed by atoms with Gasteiger partial charge in [0.1, 0.15) is 5.75 Å². The molecule has 1 fully saturated rings. The number of rotatable bonds is 6. The van der Waals surface area contributed by atoms with Crippen molar-refractivity contribution >= 4 is 11.9 Å². The Kier molecular flexibility index (Phi) is 4.88. The van der Waals surface area contributed by atoms with Gasteiger partial charge in [0.15, 0.2) is 0 Å². The summed E-state index contributed by atoms with van der Waals surface area (Å²) >= 11 is 0. The number of ether oxygens (including phenoxy) is 1. The number of methoxy groups -OCH3 is 1. The number of nitrogens with zero attached hydrogens (tertiary/aromatic N) is 3. The normalized spacial score (nSPS) is 19.5. The minimum Gasteiger partial charge on any atom is -0.497 e. The van der Waals surface area contributed by atoms with Crippen molar-refractivity contribution in [3.05, 3.63) is 30.2 Å². The van der Waals surface area contributed by atoms with Crippen molar-refractivity contribution in [2.75, 3.05) is 20.2 Å². The van der Waals surface area contributed by atoms with Crippen molar-refractivity contribution in [1.82, 2.24) is 15.0 Å². The number of halogens is 1. The average molecular weight is 363 g/mol. The maximum Gasteiger partial charge on any atom is 0.343 e. The van der Waals surface area contributed by atoms with Crippen molar-refractivity contribution in [1.29, 1.82) is 0 Å². The standard InChI is InChI=1S/C17H18FN3O5/c1-25-12-4-2-11(3-5-12)15-19-13(26-20-15)6-7-14(22)21-9-8-17(18,10-21)16(23)24/h2-5H,6-10H2,1H3,(H,23,24). The zero-order chi connectivity index (χ0) is 18.7. The fraction of sp³-hybridized carbons (Fsp3) is 0.412. The van der Waals surface area contributed by atoms with E-state index in [1.165, 1.54) is 4.90 Å². The quantitative estimate of drug-likeness (QED) is 0.832. The van der Waals surface area contributed by atoms with Gasteiger partial charge in [0, 0.05) is 31.4 Å². The summed E-state index contributed by atoms with van der Waals surface area (Å²) in [5.74, 6) is -0.485. The maximum atomic E-state index is 14.0. The number of aromatic nitrogens is 2. The Balaban J connectivity index is 1.56. The number of hydrogen-bond donors (Lipinski definition) is 1. The number of carbonyl (C=O) groups is 2. The molecule has 1 aliphatic heterocycles. The lowest BCUT2D eigenvalue weighted by atomic mass is 10.1. The zero-order valence-electron chi connectivity index (χ0n) is 14.1. The van der Waals surface area contributed by atoms with Gasteiger partial charge in [0.2, 0.25) is 23.3 Å². The summed E-state index contributed by atoms with van der Waals surface area (Å²) in [4.78, 5) is 28.5. The number of carboxylic acid groups (broad SMARTS) is 1. The van der Waals surface area contributed by atoms with Crippen molar-refractivity contribution in [3.63, 3.8) is 0 Å². The molecule has 0 aliphatic carbocycles. The first-order chi connectivity index (χ1) is 12.4.